The largest absolute Gasteiger partial charge is 0.0999 e. The number of rotatable bonds is 7. The highest BCUT2D eigenvalue weighted by Gasteiger charge is 2.59. The summed E-state index contributed by atoms with van der Waals surface area (Å²) >= 11 is 0. The van der Waals surface area contributed by atoms with Crippen LogP contribution in [0.25, 0.3) is 5.57 Å². The molecule has 1 aromatic carbocycles. The molecule has 38 heavy (non-hydrogen) atoms. The van der Waals surface area contributed by atoms with Gasteiger partial charge < -0.3 is 0 Å². The predicted octanol–water partition coefficient (Wildman–Crippen LogP) is 11.4. The summed E-state index contributed by atoms with van der Waals surface area (Å²) in [6, 6.07) is 4.68. The van der Waals surface area contributed by atoms with E-state index in [9.17, 15) is 0 Å². The lowest BCUT2D eigenvalue weighted by Gasteiger charge is -2.62. The molecule has 0 heterocycles. The SMILES string of the molecule is C=C(CC)CCCC(=C)C1=C(C)C[C@@]2(C)C[C@@]3(C)Cc4c(C(C)C)ccc(C)c4C(=C)C3=C(C)[C@@]2(C)C1=C. The Bertz CT molecular complexity index is 1300. The third-order valence-electron chi connectivity index (χ3n) is 10.9. The molecule has 0 saturated carbocycles. The molecule has 0 aromatic heterocycles. The molecule has 0 nitrogen and oxygen atoms in total. The number of fused-ring (bicyclic) bond motifs is 3. The average molecular weight is 509 g/mol. The van der Waals surface area contributed by atoms with Gasteiger partial charge in [0.25, 0.3) is 0 Å². The van der Waals surface area contributed by atoms with Crippen molar-refractivity contribution in [3.63, 3.8) is 0 Å². The Morgan fingerprint density at radius 3 is 2.24 bits per heavy atom. The summed E-state index contributed by atoms with van der Waals surface area (Å²) in [5, 5.41) is 0. The molecule has 0 bridgehead atoms. The Hall–Kier alpha value is -2.34. The first-order chi connectivity index (χ1) is 17.6. The number of allylic oxidation sites excluding steroid dienone is 8. The summed E-state index contributed by atoms with van der Waals surface area (Å²) in [4.78, 5) is 0. The quantitative estimate of drug-likeness (QED) is 0.321. The van der Waals surface area contributed by atoms with Gasteiger partial charge in [0.1, 0.15) is 0 Å². The van der Waals surface area contributed by atoms with Crippen molar-refractivity contribution in [2.45, 2.75) is 113 Å². The van der Waals surface area contributed by atoms with Crippen LogP contribution >= 0.6 is 0 Å². The molecule has 0 radical (unpaired) electrons. The third kappa shape index (κ3) is 4.09. The first-order valence-electron chi connectivity index (χ1n) is 14.9. The molecule has 3 aliphatic rings. The fourth-order valence-corrected chi connectivity index (χ4v) is 8.85. The van der Waals surface area contributed by atoms with Crippen LogP contribution in [0.5, 0.6) is 0 Å². The molecule has 1 aromatic rings. The molecular formula is C38H52. The zero-order valence-corrected chi connectivity index (χ0v) is 26.0. The molecule has 0 spiro atoms. The second kappa shape index (κ2) is 9.69. The van der Waals surface area contributed by atoms with Crippen molar-refractivity contribution in [3.8, 4) is 0 Å². The van der Waals surface area contributed by atoms with Crippen molar-refractivity contribution in [1.82, 2.24) is 0 Å². The van der Waals surface area contributed by atoms with Gasteiger partial charge in [-0.05, 0) is 133 Å². The topological polar surface area (TPSA) is 0 Å². The summed E-state index contributed by atoms with van der Waals surface area (Å²) in [5.74, 6) is 0.513. The molecule has 0 N–H and O–H groups in total. The van der Waals surface area contributed by atoms with Crippen molar-refractivity contribution >= 4 is 5.57 Å². The maximum absolute atomic E-state index is 4.86. The van der Waals surface area contributed by atoms with Crippen LogP contribution in [0.4, 0.5) is 0 Å². The van der Waals surface area contributed by atoms with E-state index >= 15 is 0 Å². The maximum atomic E-state index is 4.86. The minimum atomic E-state index is -0.114. The zero-order chi connectivity index (χ0) is 28.4. The van der Waals surface area contributed by atoms with Gasteiger partial charge >= 0.3 is 0 Å². The average Bonchev–Trinajstić information content (AvgIpc) is 2.80. The van der Waals surface area contributed by atoms with Crippen molar-refractivity contribution < 1.29 is 0 Å². The van der Waals surface area contributed by atoms with E-state index < -0.39 is 0 Å². The number of hydrogen-bond acceptors (Lipinski definition) is 0. The molecule has 0 heteroatoms. The molecule has 3 atom stereocenters. The van der Waals surface area contributed by atoms with Gasteiger partial charge in [-0.2, -0.15) is 0 Å². The van der Waals surface area contributed by atoms with Crippen LogP contribution in [0.1, 0.15) is 122 Å². The molecule has 204 valence electrons. The molecular weight excluding hydrogens is 456 g/mol. The lowest BCUT2D eigenvalue weighted by molar-refractivity contribution is 0.0542. The van der Waals surface area contributed by atoms with E-state index in [4.69, 9.17) is 13.2 Å². The Morgan fingerprint density at radius 2 is 1.63 bits per heavy atom. The molecule has 0 unspecified atom stereocenters. The fraction of sp³-hybridized carbons (Fsp3) is 0.526. The van der Waals surface area contributed by atoms with Crippen LogP contribution in [-0.2, 0) is 6.42 Å². The second-order valence-electron chi connectivity index (χ2n) is 13.9. The first kappa shape index (κ1) is 28.7. The maximum Gasteiger partial charge on any atom is 0.0194 e. The van der Waals surface area contributed by atoms with Gasteiger partial charge in [0, 0.05) is 5.41 Å². The molecule has 0 aliphatic heterocycles. The zero-order valence-electron chi connectivity index (χ0n) is 26.0. The van der Waals surface area contributed by atoms with Crippen molar-refractivity contribution in [2.75, 3.05) is 0 Å². The minimum absolute atomic E-state index is 0.0788. The first-order valence-corrected chi connectivity index (χ1v) is 14.9. The number of hydrogen-bond donors (Lipinski definition) is 0. The van der Waals surface area contributed by atoms with Gasteiger partial charge in [-0.3, -0.25) is 0 Å². The van der Waals surface area contributed by atoms with E-state index in [1.165, 1.54) is 61.3 Å². The highest BCUT2D eigenvalue weighted by molar-refractivity contribution is 5.87. The summed E-state index contributed by atoms with van der Waals surface area (Å²) in [6.45, 7) is 39.9. The molecule has 3 aliphatic carbocycles. The van der Waals surface area contributed by atoms with Gasteiger partial charge in [-0.25, -0.2) is 0 Å². The highest BCUT2D eigenvalue weighted by atomic mass is 14.6. The Labute approximate surface area is 234 Å². The predicted molar refractivity (Wildman–Crippen MR) is 169 cm³/mol. The smallest absolute Gasteiger partial charge is 0.0194 e. The van der Waals surface area contributed by atoms with Crippen LogP contribution in [-0.4, -0.2) is 0 Å². The standard InChI is InChI=1S/C38H52/c1-14-24(4)16-15-17-25(5)33-27(7)20-37(12)22-36(11)21-32-31(23(2)3)19-18-26(6)34(32)28(8)35(36)30(10)38(37,13)29(33)9/h18-19,23H,4-5,8-9,14-17,20-22H2,1-3,6-7,10-13H3/t36-,37+,38-/m1/s1. The van der Waals surface area contributed by atoms with Crippen LogP contribution in [0.3, 0.4) is 0 Å². The molecule has 0 amide bonds. The minimum Gasteiger partial charge on any atom is -0.0999 e. The van der Waals surface area contributed by atoms with Crippen LogP contribution < -0.4 is 0 Å². The molecule has 0 saturated heterocycles. The van der Waals surface area contributed by atoms with E-state index in [2.05, 4.69) is 87.6 Å². The van der Waals surface area contributed by atoms with E-state index in [1.807, 2.05) is 0 Å². The second-order valence-corrected chi connectivity index (χ2v) is 13.9. The molecule has 4 rings (SSSR count). The van der Waals surface area contributed by atoms with E-state index in [-0.39, 0.29) is 16.2 Å². The normalized spacial score (nSPS) is 28.9. The summed E-state index contributed by atoms with van der Waals surface area (Å²) in [7, 11) is 0. The van der Waals surface area contributed by atoms with Crippen molar-refractivity contribution in [1.29, 1.82) is 0 Å². The lowest BCUT2D eigenvalue weighted by atomic mass is 9.41. The number of benzene rings is 1. The van der Waals surface area contributed by atoms with Gasteiger partial charge in [-0.15, -0.1) is 0 Å². The molecule has 0 fully saturated rings. The third-order valence-corrected chi connectivity index (χ3v) is 10.9. The Morgan fingerprint density at radius 1 is 0.974 bits per heavy atom. The van der Waals surface area contributed by atoms with Gasteiger partial charge in [0.05, 0.1) is 0 Å². The van der Waals surface area contributed by atoms with E-state index in [1.54, 1.807) is 5.56 Å². The Kier molecular flexibility index (Phi) is 7.31. The van der Waals surface area contributed by atoms with Crippen molar-refractivity contribution in [2.24, 2.45) is 16.2 Å². The monoisotopic (exact) mass is 508 g/mol. The summed E-state index contributed by atoms with van der Waals surface area (Å²) in [6.07, 6.45) is 7.64. The van der Waals surface area contributed by atoms with E-state index in [0.717, 1.165) is 44.9 Å². The lowest BCUT2D eigenvalue weighted by Crippen LogP contribution is -2.52. The summed E-state index contributed by atoms with van der Waals surface area (Å²) in [5.41, 5.74) is 16.8. The fourth-order valence-electron chi connectivity index (χ4n) is 8.85. The van der Waals surface area contributed by atoms with Gasteiger partial charge in [-0.1, -0.05) is 96.7 Å². The van der Waals surface area contributed by atoms with Gasteiger partial charge in [0.2, 0.25) is 0 Å². The van der Waals surface area contributed by atoms with Gasteiger partial charge in [0.15, 0.2) is 0 Å². The van der Waals surface area contributed by atoms with Crippen molar-refractivity contribution in [3.05, 3.63) is 99.7 Å². The summed E-state index contributed by atoms with van der Waals surface area (Å²) < 4.78 is 0. The Balaban J connectivity index is 1.83. The van der Waals surface area contributed by atoms with Crippen LogP contribution in [0, 0.1) is 23.2 Å². The highest BCUT2D eigenvalue weighted by Crippen LogP contribution is 2.70. The number of aryl methyl sites for hydroxylation is 1. The van der Waals surface area contributed by atoms with E-state index in [0.29, 0.717) is 5.92 Å². The van der Waals surface area contributed by atoms with Crippen LogP contribution in [0.15, 0.2) is 77.5 Å². The van der Waals surface area contributed by atoms with Crippen LogP contribution in [0.2, 0.25) is 0 Å².